The maximum atomic E-state index is 13.2. The van der Waals surface area contributed by atoms with Crippen molar-refractivity contribution >= 4 is 40.2 Å². The molecule has 2 amide bonds. The summed E-state index contributed by atoms with van der Waals surface area (Å²) in [7, 11) is 0. The van der Waals surface area contributed by atoms with E-state index in [-0.39, 0.29) is 17.8 Å². The topological polar surface area (TPSA) is 71.5 Å². The van der Waals surface area contributed by atoms with Gasteiger partial charge < -0.3 is 9.64 Å². The lowest BCUT2D eigenvalue weighted by molar-refractivity contribution is -0.139. The third kappa shape index (κ3) is 5.86. The lowest BCUT2D eigenvalue weighted by Gasteiger charge is -2.38. The molecule has 6 nitrogen and oxygen atoms in total. The minimum Gasteiger partial charge on any atom is -0.465 e. The van der Waals surface area contributed by atoms with Crippen LogP contribution in [-0.4, -0.2) is 46.3 Å². The van der Waals surface area contributed by atoms with Crippen molar-refractivity contribution in [2.24, 2.45) is 5.92 Å². The van der Waals surface area contributed by atoms with Crippen LogP contribution in [0.5, 0.6) is 0 Å². The summed E-state index contributed by atoms with van der Waals surface area (Å²) in [5.41, 5.74) is 0. The Morgan fingerprint density at radius 1 is 1.25 bits per heavy atom. The van der Waals surface area contributed by atoms with Gasteiger partial charge in [-0.15, -0.1) is 11.8 Å². The highest BCUT2D eigenvalue weighted by molar-refractivity contribution is 8.01. The van der Waals surface area contributed by atoms with E-state index in [9.17, 15) is 9.59 Å². The monoisotopic (exact) mass is 425 g/mol. The molecule has 2 atom stereocenters. The first kappa shape index (κ1) is 21.4. The maximum absolute atomic E-state index is 13.2. The number of esters is 1. The Balaban J connectivity index is 1.60. The quantitative estimate of drug-likeness (QED) is 0.483. The molecule has 156 valence electrons. The van der Waals surface area contributed by atoms with Crippen molar-refractivity contribution in [3.8, 4) is 0 Å². The van der Waals surface area contributed by atoms with Crippen LogP contribution in [-0.2, 0) is 9.53 Å². The van der Waals surface area contributed by atoms with Crippen LogP contribution in [0.2, 0.25) is 0 Å². The Hall–Kier alpha value is -1.28. The van der Waals surface area contributed by atoms with Gasteiger partial charge in [-0.2, -0.15) is 0 Å². The maximum Gasteiger partial charge on any atom is 0.324 e. The van der Waals surface area contributed by atoms with Gasteiger partial charge in [0.1, 0.15) is 0 Å². The molecule has 2 aliphatic carbocycles. The molecule has 2 saturated carbocycles. The number of carbonyl (C=O) groups is 2. The van der Waals surface area contributed by atoms with Crippen molar-refractivity contribution in [2.45, 2.75) is 81.5 Å². The highest BCUT2D eigenvalue weighted by Gasteiger charge is 2.35. The third-order valence-electron chi connectivity index (χ3n) is 5.60. The molecular weight excluding hydrogens is 394 g/mol. The number of nitrogens with zero attached hydrogens (tertiary/aromatic N) is 2. The zero-order valence-corrected chi connectivity index (χ0v) is 18.4. The van der Waals surface area contributed by atoms with E-state index in [4.69, 9.17) is 4.74 Å². The molecular formula is C20H31N3O3S2. The van der Waals surface area contributed by atoms with Gasteiger partial charge in [0, 0.05) is 12.1 Å². The zero-order valence-electron chi connectivity index (χ0n) is 16.8. The Bertz CT molecular complexity index is 656. The molecule has 0 saturated heterocycles. The highest BCUT2D eigenvalue weighted by Crippen LogP contribution is 2.35. The van der Waals surface area contributed by atoms with Gasteiger partial charge in [-0.25, -0.2) is 9.78 Å². The number of hydrogen-bond acceptors (Lipinski definition) is 6. The minimum atomic E-state index is -0.231. The predicted octanol–water partition coefficient (Wildman–Crippen LogP) is 5.15. The van der Waals surface area contributed by atoms with Gasteiger partial charge >= 0.3 is 12.0 Å². The summed E-state index contributed by atoms with van der Waals surface area (Å²) in [5, 5.41) is 3.63. The fourth-order valence-electron chi connectivity index (χ4n) is 4.29. The van der Waals surface area contributed by atoms with Crippen LogP contribution in [0.3, 0.4) is 0 Å². The molecule has 1 heterocycles. The molecule has 0 aromatic carbocycles. The summed E-state index contributed by atoms with van der Waals surface area (Å²) in [6.45, 7) is 4.47. The number of amides is 2. The Labute approximate surface area is 175 Å². The van der Waals surface area contributed by atoms with Crippen LogP contribution in [0, 0.1) is 5.92 Å². The summed E-state index contributed by atoms with van der Waals surface area (Å²) in [6.07, 6.45) is 11.0. The van der Waals surface area contributed by atoms with Gasteiger partial charge in [0.25, 0.3) is 0 Å². The number of carbonyl (C=O) groups excluding carboxylic acids is 2. The van der Waals surface area contributed by atoms with Crippen molar-refractivity contribution in [2.75, 3.05) is 17.7 Å². The molecule has 0 spiro atoms. The molecule has 0 aliphatic heterocycles. The van der Waals surface area contributed by atoms with Crippen molar-refractivity contribution in [1.82, 2.24) is 9.88 Å². The molecule has 1 N–H and O–H groups in total. The van der Waals surface area contributed by atoms with Crippen LogP contribution >= 0.6 is 23.1 Å². The summed E-state index contributed by atoms with van der Waals surface area (Å²) in [5.74, 6) is 0.720. The van der Waals surface area contributed by atoms with Gasteiger partial charge in [-0.3, -0.25) is 10.1 Å². The fourth-order valence-corrected chi connectivity index (χ4v) is 5.95. The van der Waals surface area contributed by atoms with Crippen LogP contribution < -0.4 is 5.32 Å². The number of aromatic nitrogens is 1. The first-order valence-electron chi connectivity index (χ1n) is 10.4. The Morgan fingerprint density at radius 2 is 2.04 bits per heavy atom. The molecule has 0 radical (unpaired) electrons. The molecule has 2 fully saturated rings. The van der Waals surface area contributed by atoms with Crippen LogP contribution in [0.25, 0.3) is 0 Å². The number of hydrogen-bond donors (Lipinski definition) is 1. The van der Waals surface area contributed by atoms with E-state index in [0.717, 1.165) is 29.9 Å². The van der Waals surface area contributed by atoms with E-state index in [1.165, 1.54) is 48.8 Å². The average Bonchev–Trinajstić information content (AvgIpc) is 3.30. The third-order valence-corrected chi connectivity index (χ3v) is 7.68. The number of rotatable bonds is 7. The van der Waals surface area contributed by atoms with Gasteiger partial charge in [0.05, 0.1) is 22.8 Å². The van der Waals surface area contributed by atoms with E-state index >= 15 is 0 Å². The number of nitrogens with one attached hydrogen (secondary N) is 1. The second kappa shape index (κ2) is 10.5. The Morgan fingerprint density at radius 3 is 2.71 bits per heavy atom. The fraction of sp³-hybridized carbons (Fsp3) is 0.750. The molecule has 2 aliphatic rings. The van der Waals surface area contributed by atoms with E-state index in [2.05, 4.69) is 22.1 Å². The molecule has 0 unspecified atom stereocenters. The first-order valence-corrected chi connectivity index (χ1v) is 12.2. The van der Waals surface area contributed by atoms with E-state index < -0.39 is 0 Å². The smallest absolute Gasteiger partial charge is 0.324 e. The van der Waals surface area contributed by atoms with Gasteiger partial charge in [-0.1, -0.05) is 37.5 Å². The lowest BCUT2D eigenvalue weighted by Crippen LogP contribution is -2.49. The number of ether oxygens (including phenoxy) is 1. The summed E-state index contributed by atoms with van der Waals surface area (Å²) >= 11 is 2.81. The van der Waals surface area contributed by atoms with Gasteiger partial charge in [0.15, 0.2) is 5.13 Å². The summed E-state index contributed by atoms with van der Waals surface area (Å²) in [6, 6.07) is 0.680. The van der Waals surface area contributed by atoms with Crippen molar-refractivity contribution in [3.63, 3.8) is 0 Å². The minimum absolute atomic E-state index is 0.0118. The standard InChI is InChI=1S/C20H31N3O3S2/c1-3-26-17(24)13-27-18-12-21-19(28-18)22-20(25)23(15-7-5-4-6-8-15)16-10-9-14(2)11-16/h12,14-16H,3-11,13H2,1-2H3,(H,21,22,25)/t14-,16-/m0/s1. The van der Waals surface area contributed by atoms with Crippen molar-refractivity contribution in [3.05, 3.63) is 6.20 Å². The normalized spacial score (nSPS) is 22.8. The summed E-state index contributed by atoms with van der Waals surface area (Å²) < 4.78 is 5.85. The van der Waals surface area contributed by atoms with E-state index in [0.29, 0.717) is 29.7 Å². The van der Waals surface area contributed by atoms with Gasteiger partial charge in [-0.05, 0) is 44.9 Å². The molecule has 8 heteroatoms. The lowest BCUT2D eigenvalue weighted by atomic mass is 9.93. The van der Waals surface area contributed by atoms with E-state index in [1.54, 1.807) is 13.1 Å². The highest BCUT2D eigenvalue weighted by atomic mass is 32.2. The first-order chi connectivity index (χ1) is 13.6. The molecule has 0 bridgehead atoms. The van der Waals surface area contributed by atoms with Gasteiger partial charge in [0.2, 0.25) is 0 Å². The largest absolute Gasteiger partial charge is 0.465 e. The van der Waals surface area contributed by atoms with Crippen LogP contribution in [0.1, 0.15) is 65.2 Å². The molecule has 1 aromatic heterocycles. The number of urea groups is 1. The SMILES string of the molecule is CCOC(=O)CSc1cnc(NC(=O)N(C2CCCCC2)[C@H]2CC[C@H](C)C2)s1. The molecule has 3 rings (SSSR count). The van der Waals surface area contributed by atoms with Crippen LogP contribution in [0.15, 0.2) is 10.4 Å². The van der Waals surface area contributed by atoms with Crippen LogP contribution in [0.4, 0.5) is 9.93 Å². The molecule has 1 aromatic rings. The average molecular weight is 426 g/mol. The predicted molar refractivity (Wildman–Crippen MR) is 114 cm³/mol. The molecule has 28 heavy (non-hydrogen) atoms. The second-order valence-corrected chi connectivity index (χ2v) is 10.1. The van der Waals surface area contributed by atoms with Crippen molar-refractivity contribution in [1.29, 1.82) is 0 Å². The summed E-state index contributed by atoms with van der Waals surface area (Å²) in [4.78, 5) is 31.1. The van der Waals surface area contributed by atoms with E-state index in [1.807, 2.05) is 0 Å². The van der Waals surface area contributed by atoms with Crippen molar-refractivity contribution < 1.29 is 14.3 Å². The Kier molecular flexibility index (Phi) is 8.02. The second-order valence-electron chi connectivity index (χ2n) is 7.78. The number of anilines is 1. The number of thioether (sulfide) groups is 1. The zero-order chi connectivity index (χ0) is 19.9. The number of thiazole rings is 1.